The van der Waals surface area contributed by atoms with Crippen LogP contribution in [-0.4, -0.2) is 52.0 Å². The van der Waals surface area contributed by atoms with Gasteiger partial charge in [-0.2, -0.15) is 4.98 Å². The van der Waals surface area contributed by atoms with Crippen molar-refractivity contribution in [3.05, 3.63) is 47.0 Å². The lowest BCUT2D eigenvalue weighted by Gasteiger charge is -2.24. The highest BCUT2D eigenvalue weighted by Crippen LogP contribution is 2.46. The minimum absolute atomic E-state index is 0.239. The van der Waals surface area contributed by atoms with Gasteiger partial charge in [0, 0.05) is 19.2 Å². The SMILES string of the molecule is CNC(=O)c1c(-c2ccc(C)cc2)oc2nc(N(CCCCCPC)S(C)(=O)=O)c(C3CC3)cc12. The molecule has 1 aliphatic carbocycles. The molecule has 0 spiro atoms. The van der Waals surface area contributed by atoms with E-state index in [1.165, 1.54) is 16.7 Å². The maximum atomic E-state index is 12.9. The third-order valence-corrected chi connectivity index (χ3v) is 8.41. The fourth-order valence-electron chi connectivity index (χ4n) is 4.35. The van der Waals surface area contributed by atoms with Crippen molar-refractivity contribution in [3.8, 4) is 11.3 Å². The summed E-state index contributed by atoms with van der Waals surface area (Å²) in [5.74, 6) is 0.861. The van der Waals surface area contributed by atoms with E-state index in [0.29, 0.717) is 29.1 Å². The van der Waals surface area contributed by atoms with Crippen LogP contribution in [0.25, 0.3) is 22.4 Å². The molecule has 1 N–H and O–H groups in total. The number of aromatic nitrogens is 1. The standard InChI is InChI=1S/C26H34N3O4PS/c1-17-8-10-19(11-9-17)23-22(25(30)27-2)21-16-20(18-12-13-18)24(28-26(21)33-23)29(35(4,31)32)14-6-5-7-15-34-3/h8-11,16,18,34H,5-7,12-15H2,1-4H3,(H,27,30). The number of aryl methyl sites for hydroxylation is 1. The Bertz CT molecular complexity index is 1310. The number of benzene rings is 1. The van der Waals surface area contributed by atoms with Crippen LogP contribution in [0.3, 0.4) is 0 Å². The zero-order chi connectivity index (χ0) is 25.2. The maximum absolute atomic E-state index is 12.9. The highest BCUT2D eigenvalue weighted by molar-refractivity contribution is 7.92. The molecule has 1 aromatic carbocycles. The average molecular weight is 516 g/mol. The molecule has 188 valence electrons. The van der Waals surface area contributed by atoms with E-state index in [9.17, 15) is 13.2 Å². The van der Waals surface area contributed by atoms with Gasteiger partial charge in [-0.25, -0.2) is 8.42 Å². The first kappa shape index (κ1) is 25.6. The van der Waals surface area contributed by atoms with Crippen LogP contribution < -0.4 is 9.62 Å². The van der Waals surface area contributed by atoms with Crippen LogP contribution in [0.4, 0.5) is 5.82 Å². The van der Waals surface area contributed by atoms with E-state index in [-0.39, 0.29) is 17.5 Å². The number of hydrogen-bond donors (Lipinski definition) is 1. The summed E-state index contributed by atoms with van der Waals surface area (Å²) in [5.41, 5.74) is 3.46. The van der Waals surface area contributed by atoms with Crippen molar-refractivity contribution in [3.63, 3.8) is 0 Å². The second-order valence-corrected chi connectivity index (χ2v) is 12.4. The average Bonchev–Trinajstić information content (AvgIpc) is 3.60. The first-order valence-electron chi connectivity index (χ1n) is 12.1. The maximum Gasteiger partial charge on any atom is 0.255 e. The normalized spacial score (nSPS) is 14.2. The molecular weight excluding hydrogens is 481 g/mol. The summed E-state index contributed by atoms with van der Waals surface area (Å²) in [6.45, 7) is 4.57. The van der Waals surface area contributed by atoms with Crippen molar-refractivity contribution in [1.82, 2.24) is 10.3 Å². The van der Waals surface area contributed by atoms with Crippen LogP contribution in [-0.2, 0) is 10.0 Å². The zero-order valence-corrected chi connectivity index (χ0v) is 22.7. The Hall–Kier alpha value is -2.44. The lowest BCUT2D eigenvalue weighted by atomic mass is 10.0. The number of nitrogens with one attached hydrogen (secondary N) is 1. The summed E-state index contributed by atoms with van der Waals surface area (Å²) < 4.78 is 33.3. The Morgan fingerprint density at radius 1 is 1.20 bits per heavy atom. The van der Waals surface area contributed by atoms with Gasteiger partial charge in [-0.1, -0.05) is 36.2 Å². The number of hydrogen-bond acceptors (Lipinski definition) is 5. The molecule has 1 amide bonds. The molecule has 2 aromatic heterocycles. The minimum atomic E-state index is -3.54. The number of furan rings is 1. The van der Waals surface area contributed by atoms with Crippen molar-refractivity contribution in [2.45, 2.75) is 44.9 Å². The van der Waals surface area contributed by atoms with Crippen LogP contribution >= 0.6 is 8.58 Å². The van der Waals surface area contributed by atoms with Gasteiger partial charge in [0.15, 0.2) is 0 Å². The van der Waals surface area contributed by atoms with Gasteiger partial charge in [-0.05, 0) is 63.0 Å². The molecule has 4 rings (SSSR count). The van der Waals surface area contributed by atoms with Gasteiger partial charge >= 0.3 is 0 Å². The number of rotatable bonds is 11. The lowest BCUT2D eigenvalue weighted by molar-refractivity contribution is 0.0964. The number of pyridine rings is 1. The van der Waals surface area contributed by atoms with Crippen molar-refractivity contribution >= 4 is 41.4 Å². The minimum Gasteiger partial charge on any atom is -0.437 e. The van der Waals surface area contributed by atoms with Crippen LogP contribution in [0, 0.1) is 6.92 Å². The van der Waals surface area contributed by atoms with E-state index < -0.39 is 10.0 Å². The summed E-state index contributed by atoms with van der Waals surface area (Å²) in [4.78, 5) is 17.7. The van der Waals surface area contributed by atoms with Gasteiger partial charge in [0.25, 0.3) is 5.91 Å². The van der Waals surface area contributed by atoms with Gasteiger partial charge in [0.2, 0.25) is 15.7 Å². The fraction of sp³-hybridized carbons (Fsp3) is 0.462. The van der Waals surface area contributed by atoms with E-state index in [1.807, 2.05) is 37.3 Å². The fourth-order valence-corrected chi connectivity index (χ4v) is 5.87. The third kappa shape index (κ3) is 5.70. The molecule has 2 heterocycles. The molecule has 0 radical (unpaired) electrons. The third-order valence-electron chi connectivity index (χ3n) is 6.40. The predicted molar refractivity (Wildman–Crippen MR) is 145 cm³/mol. The highest BCUT2D eigenvalue weighted by atomic mass is 32.2. The Labute approximate surface area is 209 Å². The summed E-state index contributed by atoms with van der Waals surface area (Å²) in [5, 5.41) is 3.33. The second kappa shape index (κ2) is 10.7. The highest BCUT2D eigenvalue weighted by Gasteiger charge is 2.34. The lowest BCUT2D eigenvalue weighted by Crippen LogP contribution is -2.32. The zero-order valence-electron chi connectivity index (χ0n) is 20.8. The van der Waals surface area contributed by atoms with Gasteiger partial charge < -0.3 is 9.73 Å². The molecule has 1 unspecified atom stereocenters. The first-order valence-corrected chi connectivity index (χ1v) is 15.7. The molecule has 1 aliphatic rings. The van der Waals surface area contributed by atoms with E-state index in [0.717, 1.165) is 57.4 Å². The summed E-state index contributed by atoms with van der Waals surface area (Å²) in [7, 11) is -1.03. The number of anilines is 1. The van der Waals surface area contributed by atoms with Crippen molar-refractivity contribution in [1.29, 1.82) is 0 Å². The molecule has 0 aliphatic heterocycles. The smallest absolute Gasteiger partial charge is 0.255 e. The molecule has 1 fully saturated rings. The first-order chi connectivity index (χ1) is 16.7. The monoisotopic (exact) mass is 515 g/mol. The van der Waals surface area contributed by atoms with E-state index in [1.54, 1.807) is 7.05 Å². The van der Waals surface area contributed by atoms with Crippen molar-refractivity contribution in [2.75, 3.05) is 37.0 Å². The van der Waals surface area contributed by atoms with Gasteiger partial charge in [-0.15, -0.1) is 8.58 Å². The molecule has 0 bridgehead atoms. The Morgan fingerprint density at radius 3 is 2.51 bits per heavy atom. The summed E-state index contributed by atoms with van der Waals surface area (Å²) >= 11 is 0. The molecule has 7 nitrogen and oxygen atoms in total. The Kier molecular flexibility index (Phi) is 7.82. The Balaban J connectivity index is 1.84. The van der Waals surface area contributed by atoms with E-state index in [2.05, 4.69) is 12.0 Å². The van der Waals surface area contributed by atoms with Gasteiger partial charge in [-0.3, -0.25) is 9.10 Å². The number of sulfonamides is 1. The van der Waals surface area contributed by atoms with E-state index >= 15 is 0 Å². The molecule has 9 heteroatoms. The predicted octanol–water partition coefficient (Wildman–Crippen LogP) is 5.28. The largest absolute Gasteiger partial charge is 0.437 e. The molecular formula is C26H34N3O4PS. The Morgan fingerprint density at radius 2 is 1.91 bits per heavy atom. The van der Waals surface area contributed by atoms with Crippen LogP contribution in [0.15, 0.2) is 34.7 Å². The number of fused-ring (bicyclic) bond motifs is 1. The number of amides is 1. The van der Waals surface area contributed by atoms with Crippen molar-refractivity contribution in [2.24, 2.45) is 0 Å². The molecule has 0 saturated heterocycles. The summed E-state index contributed by atoms with van der Waals surface area (Å²) in [6, 6.07) is 9.70. The summed E-state index contributed by atoms with van der Waals surface area (Å²) in [6.07, 6.45) is 7.22. The second-order valence-electron chi connectivity index (χ2n) is 9.28. The topological polar surface area (TPSA) is 92.5 Å². The van der Waals surface area contributed by atoms with E-state index in [4.69, 9.17) is 9.40 Å². The van der Waals surface area contributed by atoms with Crippen LogP contribution in [0.2, 0.25) is 0 Å². The number of nitrogens with zero attached hydrogens (tertiary/aromatic N) is 2. The van der Waals surface area contributed by atoms with Crippen molar-refractivity contribution < 1.29 is 17.6 Å². The van der Waals surface area contributed by atoms with Gasteiger partial charge in [0.1, 0.15) is 11.6 Å². The number of unbranched alkanes of at least 4 members (excludes halogenated alkanes) is 2. The van der Waals surface area contributed by atoms with Crippen LogP contribution in [0.5, 0.6) is 0 Å². The molecule has 1 saturated carbocycles. The molecule has 35 heavy (non-hydrogen) atoms. The van der Waals surface area contributed by atoms with Crippen LogP contribution in [0.1, 0.15) is 59.5 Å². The number of carbonyl (C=O) groups is 1. The quantitative estimate of drug-likeness (QED) is 0.277. The molecule has 3 aromatic rings. The molecule has 1 atom stereocenters. The number of carbonyl (C=O) groups excluding carboxylic acids is 1. The van der Waals surface area contributed by atoms with Gasteiger partial charge in [0.05, 0.1) is 17.2 Å².